The summed E-state index contributed by atoms with van der Waals surface area (Å²) in [5.74, 6) is -2.65. The molecule has 1 saturated carbocycles. The number of hydrogen-bond acceptors (Lipinski definition) is 5. The van der Waals surface area contributed by atoms with Crippen molar-refractivity contribution in [3.8, 4) is 11.3 Å². The van der Waals surface area contributed by atoms with Crippen molar-refractivity contribution in [1.29, 1.82) is 0 Å². The van der Waals surface area contributed by atoms with E-state index in [2.05, 4.69) is 25.5 Å². The van der Waals surface area contributed by atoms with Gasteiger partial charge < -0.3 is 5.32 Å². The molecule has 0 bridgehead atoms. The minimum Gasteiger partial charge on any atom is -0.302 e. The quantitative estimate of drug-likeness (QED) is 0.454. The molecule has 3 aromatic heterocycles. The molecule has 0 unspecified atom stereocenters. The smallest absolute Gasteiger partial charge is 0.302 e. The number of amides is 1. The van der Waals surface area contributed by atoms with Crippen molar-refractivity contribution < 1.29 is 26.7 Å². The van der Waals surface area contributed by atoms with Crippen LogP contribution in [-0.2, 0) is 11.0 Å². The van der Waals surface area contributed by atoms with Gasteiger partial charge in [0, 0.05) is 10.9 Å². The highest BCUT2D eigenvalue weighted by Crippen LogP contribution is 2.40. The van der Waals surface area contributed by atoms with Crippen LogP contribution in [0.5, 0.6) is 0 Å². The third kappa shape index (κ3) is 3.07. The molecule has 2 atom stereocenters. The number of rotatable bonds is 3. The molecule has 1 aliphatic carbocycles. The monoisotopic (exact) mass is 439 g/mol. The number of anilines is 1. The van der Waals surface area contributed by atoms with E-state index >= 15 is 0 Å². The summed E-state index contributed by atoms with van der Waals surface area (Å²) in [4.78, 5) is 20.6. The van der Waals surface area contributed by atoms with Crippen molar-refractivity contribution in [2.45, 2.75) is 18.8 Å². The summed E-state index contributed by atoms with van der Waals surface area (Å²) in [6.45, 7) is 0. The lowest BCUT2D eigenvalue weighted by Gasteiger charge is -2.12. The van der Waals surface area contributed by atoms with Gasteiger partial charge in [-0.25, -0.2) is 18.7 Å². The van der Waals surface area contributed by atoms with Crippen LogP contribution in [0.4, 0.5) is 27.1 Å². The number of pyridine rings is 1. The summed E-state index contributed by atoms with van der Waals surface area (Å²) in [7, 11) is 0. The fourth-order valence-electron chi connectivity index (χ4n) is 3.17. The van der Waals surface area contributed by atoms with Crippen LogP contribution in [0, 0.1) is 11.7 Å². The fraction of sp³-hybridized carbons (Fsp3) is 0.222. The Balaban J connectivity index is 1.59. The van der Waals surface area contributed by atoms with E-state index in [1.807, 2.05) is 0 Å². The maximum Gasteiger partial charge on any atom is 0.419 e. The number of aromatic amines is 1. The maximum absolute atomic E-state index is 14.9. The van der Waals surface area contributed by atoms with Gasteiger partial charge in [0.05, 0.1) is 28.9 Å². The molecule has 5 rings (SSSR count). The van der Waals surface area contributed by atoms with Crippen molar-refractivity contribution >= 4 is 43.6 Å². The molecule has 6 nitrogen and oxygen atoms in total. The Morgan fingerprint density at radius 3 is 2.73 bits per heavy atom. The van der Waals surface area contributed by atoms with Crippen LogP contribution in [0.1, 0.15) is 12.0 Å². The highest BCUT2D eigenvalue weighted by molar-refractivity contribution is 7.22. The van der Waals surface area contributed by atoms with E-state index in [9.17, 15) is 26.7 Å². The van der Waals surface area contributed by atoms with E-state index in [1.165, 1.54) is 18.3 Å². The van der Waals surface area contributed by atoms with Crippen molar-refractivity contribution in [2.24, 2.45) is 5.92 Å². The second-order valence-electron chi connectivity index (χ2n) is 6.83. The number of thiazole rings is 1. The van der Waals surface area contributed by atoms with Gasteiger partial charge in [-0.05, 0) is 24.6 Å². The SMILES string of the molecule is O=C(Nc1nc2ccc(-c3c(F)c(C(F)(F)F)cc4[nH]ncc34)nc2s1)[C@@H]1C[C@@H]1F. The van der Waals surface area contributed by atoms with E-state index < -0.39 is 35.6 Å². The Bertz CT molecular complexity index is 1310. The minimum absolute atomic E-state index is 0.0167. The van der Waals surface area contributed by atoms with Gasteiger partial charge in [-0.1, -0.05) is 11.3 Å². The van der Waals surface area contributed by atoms with Gasteiger partial charge in [0.2, 0.25) is 5.91 Å². The molecular formula is C18H10F5N5OS. The molecule has 1 amide bonds. The average molecular weight is 439 g/mol. The van der Waals surface area contributed by atoms with Crippen molar-refractivity contribution in [1.82, 2.24) is 20.2 Å². The van der Waals surface area contributed by atoms with E-state index in [-0.39, 0.29) is 38.5 Å². The number of alkyl halides is 4. The summed E-state index contributed by atoms with van der Waals surface area (Å²) < 4.78 is 67.7. The van der Waals surface area contributed by atoms with E-state index in [0.717, 1.165) is 11.3 Å². The van der Waals surface area contributed by atoms with E-state index in [1.54, 1.807) is 0 Å². The molecule has 154 valence electrons. The molecule has 0 spiro atoms. The first-order valence-corrected chi connectivity index (χ1v) is 9.49. The molecule has 30 heavy (non-hydrogen) atoms. The number of benzene rings is 1. The highest BCUT2D eigenvalue weighted by atomic mass is 32.1. The largest absolute Gasteiger partial charge is 0.419 e. The fourth-order valence-corrected chi connectivity index (χ4v) is 4.01. The molecule has 0 radical (unpaired) electrons. The van der Waals surface area contributed by atoms with Crippen molar-refractivity contribution in [2.75, 3.05) is 5.32 Å². The Kier molecular flexibility index (Phi) is 4.04. The van der Waals surface area contributed by atoms with Crippen LogP contribution >= 0.6 is 11.3 Å². The predicted octanol–water partition coefficient (Wildman–Crippen LogP) is 4.69. The van der Waals surface area contributed by atoms with Gasteiger partial charge in [-0.2, -0.15) is 18.3 Å². The molecule has 2 N–H and O–H groups in total. The van der Waals surface area contributed by atoms with Gasteiger partial charge in [0.1, 0.15) is 22.3 Å². The van der Waals surface area contributed by atoms with Crippen LogP contribution in [0.15, 0.2) is 24.4 Å². The summed E-state index contributed by atoms with van der Waals surface area (Å²) >= 11 is 0.959. The number of fused-ring (bicyclic) bond motifs is 2. The molecule has 0 aliphatic heterocycles. The summed E-state index contributed by atoms with van der Waals surface area (Å²) in [6.07, 6.45) is -4.68. The Morgan fingerprint density at radius 1 is 1.27 bits per heavy atom. The van der Waals surface area contributed by atoms with Gasteiger partial charge in [0.15, 0.2) is 5.13 Å². The lowest BCUT2D eigenvalue weighted by Crippen LogP contribution is -2.14. The molecular weight excluding hydrogens is 429 g/mol. The molecule has 12 heteroatoms. The Hall–Kier alpha value is -3.15. The molecule has 0 saturated heterocycles. The number of carbonyl (C=O) groups excluding carboxylic acids is 1. The van der Waals surface area contributed by atoms with Gasteiger partial charge in [-0.15, -0.1) is 0 Å². The number of hydrogen-bond donors (Lipinski definition) is 2. The number of carbonyl (C=O) groups is 1. The normalized spacial score (nSPS) is 18.8. The summed E-state index contributed by atoms with van der Waals surface area (Å²) in [6, 6.07) is 3.47. The van der Waals surface area contributed by atoms with Crippen LogP contribution in [0.2, 0.25) is 0 Å². The Morgan fingerprint density at radius 2 is 2.03 bits per heavy atom. The van der Waals surface area contributed by atoms with E-state index in [0.29, 0.717) is 11.6 Å². The minimum atomic E-state index is -4.90. The number of H-pyrrole nitrogens is 1. The topological polar surface area (TPSA) is 83.6 Å². The molecule has 3 heterocycles. The predicted molar refractivity (Wildman–Crippen MR) is 99.1 cm³/mol. The lowest BCUT2D eigenvalue weighted by molar-refractivity contribution is -0.139. The van der Waals surface area contributed by atoms with Gasteiger partial charge in [0.25, 0.3) is 0 Å². The molecule has 1 fully saturated rings. The number of aromatic nitrogens is 4. The average Bonchev–Trinajstić information content (AvgIpc) is 3.06. The van der Waals surface area contributed by atoms with Crippen molar-refractivity contribution in [3.05, 3.63) is 35.8 Å². The molecule has 1 aliphatic rings. The van der Waals surface area contributed by atoms with Crippen LogP contribution in [0.25, 0.3) is 32.5 Å². The van der Waals surface area contributed by atoms with E-state index in [4.69, 9.17) is 0 Å². The lowest BCUT2D eigenvalue weighted by atomic mass is 10.0. The zero-order valence-electron chi connectivity index (χ0n) is 14.7. The first-order valence-electron chi connectivity index (χ1n) is 8.68. The molecule has 4 aromatic rings. The zero-order chi connectivity index (χ0) is 21.2. The van der Waals surface area contributed by atoms with Gasteiger partial charge >= 0.3 is 6.18 Å². The molecule has 1 aromatic carbocycles. The summed E-state index contributed by atoms with van der Waals surface area (Å²) in [5, 5.41) is 8.95. The third-order valence-corrected chi connectivity index (χ3v) is 5.66. The number of halogens is 5. The van der Waals surface area contributed by atoms with Gasteiger partial charge in [-0.3, -0.25) is 9.89 Å². The summed E-state index contributed by atoms with van der Waals surface area (Å²) in [5.41, 5.74) is -1.43. The maximum atomic E-state index is 14.9. The van der Waals surface area contributed by atoms with Crippen LogP contribution in [0.3, 0.4) is 0 Å². The third-order valence-electron chi connectivity index (χ3n) is 4.78. The second-order valence-corrected chi connectivity index (χ2v) is 7.81. The first-order chi connectivity index (χ1) is 14.2. The highest BCUT2D eigenvalue weighted by Gasteiger charge is 2.44. The number of nitrogens with zero attached hydrogens (tertiary/aromatic N) is 3. The second kappa shape index (κ2) is 6.42. The number of nitrogens with one attached hydrogen (secondary N) is 2. The van der Waals surface area contributed by atoms with Crippen LogP contribution in [-0.4, -0.2) is 32.2 Å². The van der Waals surface area contributed by atoms with Crippen LogP contribution < -0.4 is 5.32 Å². The zero-order valence-corrected chi connectivity index (χ0v) is 15.5. The standard InChI is InChI=1S/C18H10F5N5OS/c19-9-3-6(9)15(29)27-17-26-11-2-1-10(25-16(11)30-17)13-7-5-24-28-12(7)4-8(14(13)20)18(21,22)23/h1-2,4-6,9H,3H2,(H,24,28)(H,26,27,29)/t6-,9+/m1/s1. The Labute approximate surface area is 168 Å². The van der Waals surface area contributed by atoms with Crippen molar-refractivity contribution in [3.63, 3.8) is 0 Å². The first kappa shape index (κ1) is 18.9.